The van der Waals surface area contributed by atoms with Crippen LogP contribution in [0.5, 0.6) is 0 Å². The first-order chi connectivity index (χ1) is 16.0. The molecule has 0 spiro atoms. The van der Waals surface area contributed by atoms with Gasteiger partial charge in [0.25, 0.3) is 11.5 Å². The van der Waals surface area contributed by atoms with Gasteiger partial charge in [0.05, 0.1) is 28.8 Å². The summed E-state index contributed by atoms with van der Waals surface area (Å²) in [5, 5.41) is 4.47. The van der Waals surface area contributed by atoms with E-state index in [1.165, 1.54) is 0 Å². The Morgan fingerprint density at radius 3 is 2.61 bits per heavy atom. The molecule has 0 saturated carbocycles. The van der Waals surface area contributed by atoms with Crippen molar-refractivity contribution in [1.82, 2.24) is 29.0 Å². The summed E-state index contributed by atoms with van der Waals surface area (Å²) < 4.78 is 3.36. The molecule has 1 amide bonds. The highest BCUT2D eigenvalue weighted by molar-refractivity contribution is 5.95. The van der Waals surface area contributed by atoms with Crippen LogP contribution in [0.2, 0.25) is 0 Å². The molecule has 0 radical (unpaired) electrons. The van der Waals surface area contributed by atoms with Gasteiger partial charge in [0.1, 0.15) is 5.65 Å². The number of aryl methyl sites for hydroxylation is 1. The van der Waals surface area contributed by atoms with Crippen molar-refractivity contribution < 1.29 is 4.79 Å². The molecule has 1 aliphatic heterocycles. The van der Waals surface area contributed by atoms with Crippen LogP contribution in [0.4, 0.5) is 0 Å². The van der Waals surface area contributed by atoms with Crippen LogP contribution < -0.4 is 5.56 Å². The van der Waals surface area contributed by atoms with E-state index >= 15 is 0 Å². The molecule has 1 aromatic carbocycles. The summed E-state index contributed by atoms with van der Waals surface area (Å²) in [4.78, 5) is 34.2. The van der Waals surface area contributed by atoms with Crippen molar-refractivity contribution >= 4 is 11.6 Å². The minimum atomic E-state index is -0.0782. The van der Waals surface area contributed by atoms with Gasteiger partial charge in [-0.3, -0.25) is 18.9 Å². The number of nitrogens with zero attached hydrogens (tertiary/aromatic N) is 6. The van der Waals surface area contributed by atoms with Crippen LogP contribution in [-0.2, 0) is 6.54 Å². The smallest absolute Gasteiger partial charge is 0.258 e. The van der Waals surface area contributed by atoms with E-state index in [2.05, 4.69) is 21.0 Å². The molecule has 1 aliphatic rings. The summed E-state index contributed by atoms with van der Waals surface area (Å²) >= 11 is 0. The fourth-order valence-corrected chi connectivity index (χ4v) is 4.33. The van der Waals surface area contributed by atoms with Crippen molar-refractivity contribution in [3.05, 3.63) is 93.8 Å². The van der Waals surface area contributed by atoms with E-state index in [-0.39, 0.29) is 11.5 Å². The summed E-state index contributed by atoms with van der Waals surface area (Å²) in [6.45, 7) is 7.27. The summed E-state index contributed by atoms with van der Waals surface area (Å²) in [5.41, 5.74) is 4.90. The highest BCUT2D eigenvalue weighted by Crippen LogP contribution is 2.18. The number of carbonyl (C=O) groups excluding carboxylic acids is 1. The van der Waals surface area contributed by atoms with E-state index < -0.39 is 0 Å². The molecule has 168 valence electrons. The first kappa shape index (κ1) is 21.1. The molecule has 33 heavy (non-hydrogen) atoms. The largest absolute Gasteiger partial charge is 0.336 e. The van der Waals surface area contributed by atoms with Gasteiger partial charge in [0.15, 0.2) is 0 Å². The van der Waals surface area contributed by atoms with Gasteiger partial charge in [-0.2, -0.15) is 5.10 Å². The number of hydrogen-bond donors (Lipinski definition) is 0. The number of pyridine rings is 1. The Balaban J connectivity index is 1.25. The van der Waals surface area contributed by atoms with Crippen LogP contribution in [0.15, 0.2) is 65.7 Å². The molecule has 0 unspecified atom stereocenters. The van der Waals surface area contributed by atoms with E-state index in [1.807, 2.05) is 59.8 Å². The Bertz CT molecular complexity index is 1380. The molecule has 8 nitrogen and oxygen atoms in total. The van der Waals surface area contributed by atoms with Gasteiger partial charge in [0, 0.05) is 45.0 Å². The number of benzene rings is 1. The third-order valence-corrected chi connectivity index (χ3v) is 6.16. The van der Waals surface area contributed by atoms with Crippen LogP contribution >= 0.6 is 0 Å². The number of aromatic nitrogens is 4. The molecular weight excluding hydrogens is 416 g/mol. The maximum Gasteiger partial charge on any atom is 0.258 e. The first-order valence-electron chi connectivity index (χ1n) is 11.1. The molecule has 8 heteroatoms. The van der Waals surface area contributed by atoms with Crippen molar-refractivity contribution in [3.8, 4) is 5.69 Å². The third kappa shape index (κ3) is 4.17. The fraction of sp³-hybridized carbons (Fsp3) is 0.280. The molecule has 4 heterocycles. The van der Waals surface area contributed by atoms with Crippen LogP contribution in [0.25, 0.3) is 11.3 Å². The number of hydrogen-bond acceptors (Lipinski definition) is 5. The van der Waals surface area contributed by atoms with Crippen molar-refractivity contribution in [3.63, 3.8) is 0 Å². The predicted molar refractivity (Wildman–Crippen MR) is 126 cm³/mol. The second kappa shape index (κ2) is 8.63. The quantitative estimate of drug-likeness (QED) is 0.485. The molecule has 0 aliphatic carbocycles. The standard InChI is InChI=1S/C25H26N6O2/c1-18-6-5-7-21(14-18)31-19(2)22(16-26-31)25(33)29-12-10-28(11-13-29)17-20-15-24(32)30-9-4-3-8-23(30)27-20/h3-9,14-16H,10-13,17H2,1-2H3. The zero-order chi connectivity index (χ0) is 22.9. The lowest BCUT2D eigenvalue weighted by Crippen LogP contribution is -2.48. The molecule has 1 saturated heterocycles. The average molecular weight is 443 g/mol. The molecule has 4 aromatic rings. The van der Waals surface area contributed by atoms with Gasteiger partial charge < -0.3 is 4.90 Å². The van der Waals surface area contributed by atoms with Gasteiger partial charge in [-0.05, 0) is 43.7 Å². The maximum absolute atomic E-state index is 13.2. The molecule has 0 bridgehead atoms. The normalized spacial score (nSPS) is 14.7. The minimum Gasteiger partial charge on any atom is -0.336 e. The van der Waals surface area contributed by atoms with Gasteiger partial charge in [-0.15, -0.1) is 0 Å². The SMILES string of the molecule is Cc1cccc(-n2ncc(C(=O)N3CCN(Cc4cc(=O)n5ccccc5n4)CC3)c2C)c1. The van der Waals surface area contributed by atoms with E-state index in [0.717, 1.165) is 35.7 Å². The Morgan fingerprint density at radius 1 is 1.00 bits per heavy atom. The van der Waals surface area contributed by atoms with Crippen molar-refractivity contribution in [1.29, 1.82) is 0 Å². The second-order valence-corrected chi connectivity index (χ2v) is 8.48. The number of amides is 1. The lowest BCUT2D eigenvalue weighted by molar-refractivity contribution is 0.0626. The van der Waals surface area contributed by atoms with Crippen LogP contribution in [-0.4, -0.2) is 61.1 Å². The monoisotopic (exact) mass is 442 g/mol. The highest BCUT2D eigenvalue weighted by atomic mass is 16.2. The number of piperazine rings is 1. The Labute approximate surface area is 191 Å². The topological polar surface area (TPSA) is 75.7 Å². The average Bonchev–Trinajstić information content (AvgIpc) is 3.20. The zero-order valence-corrected chi connectivity index (χ0v) is 18.8. The number of rotatable bonds is 4. The molecule has 1 fully saturated rings. The molecule has 0 atom stereocenters. The van der Waals surface area contributed by atoms with E-state index in [0.29, 0.717) is 30.8 Å². The highest BCUT2D eigenvalue weighted by Gasteiger charge is 2.25. The minimum absolute atomic E-state index is 0.00753. The summed E-state index contributed by atoms with van der Waals surface area (Å²) in [6.07, 6.45) is 3.39. The van der Waals surface area contributed by atoms with Gasteiger partial charge >= 0.3 is 0 Å². The molecular formula is C25H26N6O2. The lowest BCUT2D eigenvalue weighted by Gasteiger charge is -2.34. The second-order valence-electron chi connectivity index (χ2n) is 8.48. The van der Waals surface area contributed by atoms with Crippen LogP contribution in [0.3, 0.4) is 0 Å². The van der Waals surface area contributed by atoms with E-state index in [9.17, 15) is 9.59 Å². The number of fused-ring (bicyclic) bond motifs is 1. The Morgan fingerprint density at radius 2 is 1.82 bits per heavy atom. The van der Waals surface area contributed by atoms with Crippen molar-refractivity contribution in [2.45, 2.75) is 20.4 Å². The predicted octanol–water partition coefficient (Wildman–Crippen LogP) is 2.46. The fourth-order valence-electron chi connectivity index (χ4n) is 4.33. The van der Waals surface area contributed by atoms with Gasteiger partial charge in [-0.25, -0.2) is 9.67 Å². The van der Waals surface area contributed by atoms with Crippen molar-refractivity contribution in [2.75, 3.05) is 26.2 Å². The number of carbonyl (C=O) groups is 1. The first-order valence-corrected chi connectivity index (χ1v) is 11.1. The molecule has 0 N–H and O–H groups in total. The van der Waals surface area contributed by atoms with Crippen LogP contribution in [0.1, 0.15) is 27.3 Å². The van der Waals surface area contributed by atoms with E-state index in [4.69, 9.17) is 0 Å². The lowest BCUT2D eigenvalue weighted by atomic mass is 10.2. The summed E-state index contributed by atoms with van der Waals surface area (Å²) in [5.74, 6) is 0.00753. The Kier molecular flexibility index (Phi) is 5.51. The Hall–Kier alpha value is -3.78. The van der Waals surface area contributed by atoms with Gasteiger partial charge in [-0.1, -0.05) is 18.2 Å². The van der Waals surface area contributed by atoms with Gasteiger partial charge in [0.2, 0.25) is 0 Å². The summed E-state index contributed by atoms with van der Waals surface area (Å²) in [7, 11) is 0. The summed E-state index contributed by atoms with van der Waals surface area (Å²) in [6, 6.07) is 15.2. The van der Waals surface area contributed by atoms with Crippen LogP contribution in [0, 0.1) is 13.8 Å². The zero-order valence-electron chi connectivity index (χ0n) is 18.8. The van der Waals surface area contributed by atoms with E-state index in [1.54, 1.807) is 22.9 Å². The third-order valence-electron chi connectivity index (χ3n) is 6.16. The van der Waals surface area contributed by atoms with Crippen molar-refractivity contribution in [2.24, 2.45) is 0 Å². The maximum atomic E-state index is 13.2. The molecule has 5 rings (SSSR count). The molecule has 3 aromatic heterocycles.